The van der Waals surface area contributed by atoms with E-state index in [1.807, 2.05) is 32.0 Å². The molecule has 2 rings (SSSR count). The number of carboxylic acid groups (broad SMARTS) is 1. The summed E-state index contributed by atoms with van der Waals surface area (Å²) >= 11 is 0. The van der Waals surface area contributed by atoms with Gasteiger partial charge in [0.05, 0.1) is 5.92 Å². The number of nitrogens with zero attached hydrogens (tertiary/aromatic N) is 1. The molecule has 2 amide bonds. The highest BCUT2D eigenvalue weighted by molar-refractivity contribution is 5.94. The number of amides is 2. The molecule has 2 unspecified atom stereocenters. The Bertz CT molecular complexity index is 615. The maximum atomic E-state index is 12.5. The van der Waals surface area contributed by atoms with Crippen LogP contribution in [-0.2, 0) is 9.59 Å². The Morgan fingerprint density at radius 1 is 1.24 bits per heavy atom. The lowest BCUT2D eigenvalue weighted by Crippen LogP contribution is -2.49. The van der Waals surface area contributed by atoms with E-state index in [-0.39, 0.29) is 23.7 Å². The number of rotatable bonds is 6. The monoisotopic (exact) mass is 346 g/mol. The maximum Gasteiger partial charge on any atom is 0.326 e. The standard InChI is InChI=1S/C19H26N2O4/c1-13(2)11-16(19(24)25)20-17(22)15-9-6-10-21(12-15)18(23)14-7-4-3-5-8-14/h3-5,7-8,13,15-16H,6,9-12H2,1-2H3,(H,20,22)(H,24,25). The second kappa shape index (κ2) is 8.65. The molecule has 1 saturated heterocycles. The largest absolute Gasteiger partial charge is 0.480 e. The first-order valence-electron chi connectivity index (χ1n) is 8.76. The zero-order valence-electron chi connectivity index (χ0n) is 14.8. The highest BCUT2D eigenvalue weighted by Gasteiger charge is 2.31. The van der Waals surface area contributed by atoms with Gasteiger partial charge in [0.2, 0.25) is 5.91 Å². The van der Waals surface area contributed by atoms with Crippen molar-refractivity contribution in [3.8, 4) is 0 Å². The molecule has 0 aliphatic carbocycles. The number of piperidine rings is 1. The predicted molar refractivity (Wildman–Crippen MR) is 94.1 cm³/mol. The van der Waals surface area contributed by atoms with Gasteiger partial charge in [0.25, 0.3) is 5.91 Å². The van der Waals surface area contributed by atoms with Crippen molar-refractivity contribution in [2.45, 2.75) is 39.2 Å². The van der Waals surface area contributed by atoms with Gasteiger partial charge in [-0.2, -0.15) is 0 Å². The fraction of sp³-hybridized carbons (Fsp3) is 0.526. The molecule has 0 bridgehead atoms. The molecule has 1 heterocycles. The average molecular weight is 346 g/mol. The minimum Gasteiger partial charge on any atom is -0.480 e. The van der Waals surface area contributed by atoms with E-state index in [4.69, 9.17) is 0 Å². The normalized spacial score (nSPS) is 18.7. The van der Waals surface area contributed by atoms with Gasteiger partial charge >= 0.3 is 5.97 Å². The quantitative estimate of drug-likeness (QED) is 0.826. The fourth-order valence-electron chi connectivity index (χ4n) is 3.12. The third-order valence-corrected chi connectivity index (χ3v) is 4.42. The molecule has 0 aromatic heterocycles. The lowest BCUT2D eigenvalue weighted by atomic mass is 9.95. The van der Waals surface area contributed by atoms with Gasteiger partial charge in [0.15, 0.2) is 0 Å². The van der Waals surface area contributed by atoms with Crippen LogP contribution in [0.25, 0.3) is 0 Å². The van der Waals surface area contributed by atoms with E-state index in [0.717, 1.165) is 6.42 Å². The number of benzene rings is 1. The molecular weight excluding hydrogens is 320 g/mol. The van der Waals surface area contributed by atoms with Crippen molar-refractivity contribution in [1.29, 1.82) is 0 Å². The zero-order valence-corrected chi connectivity index (χ0v) is 14.8. The first-order chi connectivity index (χ1) is 11.9. The Morgan fingerprint density at radius 2 is 1.92 bits per heavy atom. The molecule has 136 valence electrons. The molecule has 1 aliphatic heterocycles. The van der Waals surface area contributed by atoms with Crippen LogP contribution in [0.4, 0.5) is 0 Å². The predicted octanol–water partition coefficient (Wildman–Crippen LogP) is 2.15. The lowest BCUT2D eigenvalue weighted by molar-refractivity contribution is -0.143. The number of likely N-dealkylation sites (tertiary alicyclic amines) is 1. The van der Waals surface area contributed by atoms with Gasteiger partial charge in [-0.1, -0.05) is 32.0 Å². The highest BCUT2D eigenvalue weighted by Crippen LogP contribution is 2.19. The minimum absolute atomic E-state index is 0.0879. The SMILES string of the molecule is CC(C)CC(NC(=O)C1CCCN(C(=O)c2ccccc2)C1)C(=O)O. The highest BCUT2D eigenvalue weighted by atomic mass is 16.4. The van der Waals surface area contributed by atoms with Crippen LogP contribution in [0.1, 0.15) is 43.5 Å². The van der Waals surface area contributed by atoms with Crippen molar-refractivity contribution >= 4 is 17.8 Å². The van der Waals surface area contributed by atoms with Gasteiger partial charge in [-0.3, -0.25) is 9.59 Å². The number of hydrogen-bond acceptors (Lipinski definition) is 3. The average Bonchev–Trinajstić information content (AvgIpc) is 2.60. The topological polar surface area (TPSA) is 86.7 Å². The summed E-state index contributed by atoms with van der Waals surface area (Å²) < 4.78 is 0. The fourth-order valence-corrected chi connectivity index (χ4v) is 3.12. The lowest BCUT2D eigenvalue weighted by Gasteiger charge is -2.32. The molecule has 1 aliphatic rings. The van der Waals surface area contributed by atoms with Crippen molar-refractivity contribution < 1.29 is 19.5 Å². The first kappa shape index (κ1) is 19.0. The summed E-state index contributed by atoms with van der Waals surface area (Å²) in [7, 11) is 0. The van der Waals surface area contributed by atoms with E-state index < -0.39 is 12.0 Å². The molecule has 25 heavy (non-hydrogen) atoms. The second-order valence-electron chi connectivity index (χ2n) is 6.99. The van der Waals surface area contributed by atoms with E-state index in [2.05, 4.69) is 5.32 Å². The van der Waals surface area contributed by atoms with Gasteiger partial charge in [-0.15, -0.1) is 0 Å². The summed E-state index contributed by atoms with van der Waals surface area (Å²) in [4.78, 5) is 38.0. The van der Waals surface area contributed by atoms with E-state index in [1.165, 1.54) is 0 Å². The summed E-state index contributed by atoms with van der Waals surface area (Å²) in [5, 5.41) is 11.9. The molecule has 1 aromatic rings. The third kappa shape index (κ3) is 5.31. The molecule has 2 atom stereocenters. The number of carbonyl (C=O) groups is 3. The number of carbonyl (C=O) groups excluding carboxylic acids is 2. The zero-order chi connectivity index (χ0) is 18.4. The summed E-state index contributed by atoms with van der Waals surface area (Å²) in [5.74, 6) is -1.58. The maximum absolute atomic E-state index is 12.5. The van der Waals surface area contributed by atoms with Gasteiger partial charge in [-0.05, 0) is 37.3 Å². The van der Waals surface area contributed by atoms with Crippen LogP contribution in [0.15, 0.2) is 30.3 Å². The molecule has 1 aromatic carbocycles. The van der Waals surface area contributed by atoms with Crippen molar-refractivity contribution in [2.24, 2.45) is 11.8 Å². The number of carboxylic acids is 1. The van der Waals surface area contributed by atoms with E-state index >= 15 is 0 Å². The Balaban J connectivity index is 1.99. The molecule has 2 N–H and O–H groups in total. The Morgan fingerprint density at radius 3 is 2.52 bits per heavy atom. The van der Waals surface area contributed by atoms with Crippen molar-refractivity contribution in [3.05, 3.63) is 35.9 Å². The number of hydrogen-bond donors (Lipinski definition) is 2. The summed E-state index contributed by atoms with van der Waals surface area (Å²) in [5.41, 5.74) is 0.603. The summed E-state index contributed by atoms with van der Waals surface area (Å²) in [6.45, 7) is 4.78. The van der Waals surface area contributed by atoms with Crippen LogP contribution in [0.5, 0.6) is 0 Å². The molecule has 1 fully saturated rings. The smallest absolute Gasteiger partial charge is 0.326 e. The van der Waals surface area contributed by atoms with Gasteiger partial charge in [0, 0.05) is 18.7 Å². The number of nitrogens with one attached hydrogen (secondary N) is 1. The first-order valence-corrected chi connectivity index (χ1v) is 8.76. The van der Waals surface area contributed by atoms with Crippen molar-refractivity contribution in [1.82, 2.24) is 10.2 Å². The van der Waals surface area contributed by atoms with Crippen molar-refractivity contribution in [2.75, 3.05) is 13.1 Å². The molecule has 6 nitrogen and oxygen atoms in total. The summed E-state index contributed by atoms with van der Waals surface area (Å²) in [6.07, 6.45) is 1.79. The van der Waals surface area contributed by atoms with Crippen LogP contribution in [0.3, 0.4) is 0 Å². The molecular formula is C19H26N2O4. The van der Waals surface area contributed by atoms with Crippen LogP contribution in [-0.4, -0.2) is 46.9 Å². The van der Waals surface area contributed by atoms with Crippen LogP contribution in [0, 0.1) is 11.8 Å². The van der Waals surface area contributed by atoms with Crippen LogP contribution < -0.4 is 5.32 Å². The molecule has 0 radical (unpaired) electrons. The van der Waals surface area contributed by atoms with E-state index in [9.17, 15) is 19.5 Å². The minimum atomic E-state index is -1.02. The second-order valence-corrected chi connectivity index (χ2v) is 6.99. The van der Waals surface area contributed by atoms with E-state index in [1.54, 1.807) is 17.0 Å². The van der Waals surface area contributed by atoms with E-state index in [0.29, 0.717) is 31.5 Å². The number of aliphatic carboxylic acids is 1. The summed E-state index contributed by atoms with van der Waals surface area (Å²) in [6, 6.07) is 8.11. The van der Waals surface area contributed by atoms with Gasteiger partial charge in [-0.25, -0.2) is 4.79 Å². The Labute approximate surface area is 148 Å². The van der Waals surface area contributed by atoms with Gasteiger partial charge < -0.3 is 15.3 Å². The molecule has 0 saturated carbocycles. The Hall–Kier alpha value is -2.37. The van der Waals surface area contributed by atoms with Crippen LogP contribution in [0.2, 0.25) is 0 Å². The molecule has 0 spiro atoms. The van der Waals surface area contributed by atoms with Crippen molar-refractivity contribution in [3.63, 3.8) is 0 Å². The molecule has 6 heteroatoms. The van der Waals surface area contributed by atoms with Gasteiger partial charge in [0.1, 0.15) is 6.04 Å². The third-order valence-electron chi connectivity index (χ3n) is 4.42. The van der Waals surface area contributed by atoms with Crippen LogP contribution >= 0.6 is 0 Å². The Kier molecular flexibility index (Phi) is 6.56.